The van der Waals surface area contributed by atoms with Crippen molar-refractivity contribution in [2.75, 3.05) is 20.6 Å². The number of halogens is 2. The van der Waals surface area contributed by atoms with Gasteiger partial charge in [0.15, 0.2) is 0 Å². The molecule has 0 aliphatic rings. The van der Waals surface area contributed by atoms with E-state index in [0.717, 1.165) is 6.42 Å². The van der Waals surface area contributed by atoms with Crippen LogP contribution in [-0.2, 0) is 4.79 Å². The molecule has 0 aliphatic heterocycles. The molecular formula is C12H29Cl2N3O. The van der Waals surface area contributed by atoms with E-state index in [2.05, 4.69) is 24.1 Å². The molecule has 3 N–H and O–H groups in total. The molecule has 1 atom stereocenters. The first-order valence-electron chi connectivity index (χ1n) is 5.88. The number of likely N-dealkylation sites (N-methyl/N-ethyl adjacent to an activating group) is 1. The highest BCUT2D eigenvalue weighted by atomic mass is 35.5. The zero-order valence-corrected chi connectivity index (χ0v) is 14.0. The van der Waals surface area contributed by atoms with Gasteiger partial charge >= 0.3 is 0 Å². The summed E-state index contributed by atoms with van der Waals surface area (Å²) < 4.78 is 0. The number of amides is 1. The summed E-state index contributed by atoms with van der Waals surface area (Å²) in [6, 6.07) is 0.367. The van der Waals surface area contributed by atoms with Crippen molar-refractivity contribution >= 4 is 30.7 Å². The average Bonchev–Trinajstić information content (AvgIpc) is 2.08. The van der Waals surface area contributed by atoms with Gasteiger partial charge in [0, 0.05) is 12.6 Å². The van der Waals surface area contributed by atoms with Crippen molar-refractivity contribution in [1.29, 1.82) is 0 Å². The van der Waals surface area contributed by atoms with Gasteiger partial charge in [0.2, 0.25) is 5.91 Å². The monoisotopic (exact) mass is 301 g/mol. The van der Waals surface area contributed by atoms with E-state index in [9.17, 15) is 4.79 Å². The Balaban J connectivity index is -0.00000112. The third kappa shape index (κ3) is 9.95. The van der Waals surface area contributed by atoms with Crippen LogP contribution in [0.5, 0.6) is 0 Å². The molecular weight excluding hydrogens is 273 g/mol. The highest BCUT2D eigenvalue weighted by Gasteiger charge is 2.23. The minimum absolute atomic E-state index is 0. The molecule has 0 saturated carbocycles. The van der Waals surface area contributed by atoms with Crippen molar-refractivity contribution in [3.05, 3.63) is 0 Å². The Bertz CT molecular complexity index is 228. The summed E-state index contributed by atoms with van der Waals surface area (Å²) in [7, 11) is 4.07. The normalized spacial score (nSPS) is 12.7. The van der Waals surface area contributed by atoms with Gasteiger partial charge in [-0.15, -0.1) is 24.8 Å². The summed E-state index contributed by atoms with van der Waals surface area (Å²) in [5, 5.41) is 2.90. The summed E-state index contributed by atoms with van der Waals surface area (Å²) in [5.74, 6) is 0.526. The van der Waals surface area contributed by atoms with Crippen LogP contribution in [0.3, 0.4) is 0 Å². The van der Waals surface area contributed by atoms with Crippen LogP contribution in [-0.4, -0.2) is 43.0 Å². The van der Waals surface area contributed by atoms with Crippen LogP contribution in [0.15, 0.2) is 0 Å². The van der Waals surface area contributed by atoms with E-state index in [1.165, 1.54) is 0 Å². The van der Waals surface area contributed by atoms with Crippen molar-refractivity contribution in [3.63, 3.8) is 0 Å². The third-order valence-electron chi connectivity index (χ3n) is 2.56. The van der Waals surface area contributed by atoms with Gasteiger partial charge in [0.1, 0.15) is 0 Å². The number of nitrogens with two attached hydrogens (primary N) is 1. The fraction of sp³-hybridized carbons (Fsp3) is 0.917. The molecule has 18 heavy (non-hydrogen) atoms. The first-order valence-corrected chi connectivity index (χ1v) is 5.88. The van der Waals surface area contributed by atoms with E-state index in [1.807, 2.05) is 14.1 Å². The average molecular weight is 302 g/mol. The van der Waals surface area contributed by atoms with Gasteiger partial charge in [0.25, 0.3) is 0 Å². The summed E-state index contributed by atoms with van der Waals surface area (Å²) in [4.78, 5) is 13.8. The zero-order chi connectivity index (χ0) is 12.9. The van der Waals surface area contributed by atoms with Crippen LogP contribution < -0.4 is 11.1 Å². The van der Waals surface area contributed by atoms with Crippen molar-refractivity contribution in [2.45, 2.75) is 45.7 Å². The molecule has 1 unspecified atom stereocenters. The van der Waals surface area contributed by atoms with Crippen molar-refractivity contribution < 1.29 is 4.79 Å². The van der Waals surface area contributed by atoms with Crippen molar-refractivity contribution in [3.8, 4) is 0 Å². The smallest absolute Gasteiger partial charge is 0.239 e. The van der Waals surface area contributed by atoms with Crippen LogP contribution in [0.2, 0.25) is 0 Å². The van der Waals surface area contributed by atoms with Gasteiger partial charge in [-0.25, -0.2) is 0 Å². The second kappa shape index (κ2) is 9.84. The number of hydrogen-bond donors (Lipinski definition) is 2. The standard InChI is InChI=1S/C12H27N3O.2ClH/c1-9(2)7-10(15(5)6)8-14-11(16)12(3,4)13;;/h9-10H,7-8,13H2,1-6H3,(H,14,16);2*1H. The first kappa shape index (κ1) is 23.1. The van der Waals surface area contributed by atoms with Gasteiger partial charge in [0.05, 0.1) is 5.54 Å². The molecule has 0 rings (SSSR count). The Morgan fingerprint density at radius 1 is 1.28 bits per heavy atom. The number of carbonyl (C=O) groups excluding carboxylic acids is 1. The maximum atomic E-state index is 11.6. The molecule has 0 radical (unpaired) electrons. The maximum Gasteiger partial charge on any atom is 0.239 e. The van der Waals surface area contributed by atoms with Gasteiger partial charge in [-0.1, -0.05) is 13.8 Å². The minimum atomic E-state index is -0.797. The number of hydrogen-bond acceptors (Lipinski definition) is 3. The Hall–Kier alpha value is -0.0300. The Kier molecular flexibility index (Phi) is 12.6. The zero-order valence-electron chi connectivity index (χ0n) is 12.3. The van der Waals surface area contributed by atoms with Crippen LogP contribution in [0.25, 0.3) is 0 Å². The summed E-state index contributed by atoms with van der Waals surface area (Å²) in [6.07, 6.45) is 1.07. The van der Waals surface area contributed by atoms with Gasteiger partial charge < -0.3 is 16.0 Å². The molecule has 1 amide bonds. The summed E-state index contributed by atoms with van der Waals surface area (Å²) >= 11 is 0. The summed E-state index contributed by atoms with van der Waals surface area (Å²) in [6.45, 7) is 8.46. The number of nitrogens with zero attached hydrogens (tertiary/aromatic N) is 1. The SMILES string of the molecule is CC(C)CC(CNC(=O)C(C)(C)N)N(C)C.Cl.Cl. The highest BCUT2D eigenvalue weighted by Crippen LogP contribution is 2.08. The van der Waals surface area contributed by atoms with Crippen molar-refractivity contribution in [1.82, 2.24) is 10.2 Å². The molecule has 0 aromatic rings. The molecule has 112 valence electrons. The fourth-order valence-corrected chi connectivity index (χ4v) is 1.46. The lowest BCUT2D eigenvalue weighted by molar-refractivity contribution is -0.125. The van der Waals surface area contributed by atoms with Crippen LogP contribution in [0.1, 0.15) is 34.1 Å². The van der Waals surface area contributed by atoms with E-state index < -0.39 is 5.54 Å². The molecule has 0 aromatic heterocycles. The van der Waals surface area contributed by atoms with Crippen LogP contribution >= 0.6 is 24.8 Å². The summed E-state index contributed by atoms with van der Waals surface area (Å²) in [5.41, 5.74) is 4.92. The lowest BCUT2D eigenvalue weighted by atomic mass is 10.0. The minimum Gasteiger partial charge on any atom is -0.353 e. The van der Waals surface area contributed by atoms with E-state index in [1.54, 1.807) is 13.8 Å². The van der Waals surface area contributed by atoms with Gasteiger partial charge in [-0.3, -0.25) is 4.79 Å². The lowest BCUT2D eigenvalue weighted by Crippen LogP contribution is -2.52. The largest absolute Gasteiger partial charge is 0.353 e. The quantitative estimate of drug-likeness (QED) is 0.784. The second-order valence-electron chi connectivity index (χ2n) is 5.68. The molecule has 0 aromatic carbocycles. The molecule has 0 heterocycles. The predicted octanol–water partition coefficient (Wildman–Crippen LogP) is 1.66. The highest BCUT2D eigenvalue weighted by molar-refractivity contribution is 5.85. The Morgan fingerprint density at radius 3 is 2.00 bits per heavy atom. The number of rotatable bonds is 6. The van der Waals surface area contributed by atoms with Crippen LogP contribution in [0.4, 0.5) is 0 Å². The maximum absolute atomic E-state index is 11.6. The molecule has 0 bridgehead atoms. The van der Waals surface area contributed by atoms with E-state index in [-0.39, 0.29) is 30.7 Å². The molecule has 0 saturated heterocycles. The third-order valence-corrected chi connectivity index (χ3v) is 2.56. The Morgan fingerprint density at radius 2 is 1.72 bits per heavy atom. The predicted molar refractivity (Wildman–Crippen MR) is 82.7 cm³/mol. The fourth-order valence-electron chi connectivity index (χ4n) is 1.46. The van der Waals surface area contributed by atoms with E-state index >= 15 is 0 Å². The first-order chi connectivity index (χ1) is 7.14. The molecule has 4 nitrogen and oxygen atoms in total. The topological polar surface area (TPSA) is 58.4 Å². The second-order valence-corrected chi connectivity index (χ2v) is 5.68. The molecule has 0 fully saturated rings. The van der Waals surface area contributed by atoms with Gasteiger partial charge in [-0.05, 0) is 40.3 Å². The van der Waals surface area contributed by atoms with Crippen molar-refractivity contribution in [2.24, 2.45) is 11.7 Å². The van der Waals surface area contributed by atoms with E-state index in [0.29, 0.717) is 18.5 Å². The molecule has 0 spiro atoms. The van der Waals surface area contributed by atoms with Gasteiger partial charge in [-0.2, -0.15) is 0 Å². The lowest BCUT2D eigenvalue weighted by Gasteiger charge is -2.27. The molecule has 6 heteroatoms. The Labute approximate surface area is 124 Å². The molecule has 0 aliphatic carbocycles. The number of nitrogens with one attached hydrogen (secondary N) is 1. The number of carbonyl (C=O) groups is 1. The van der Waals surface area contributed by atoms with Crippen LogP contribution in [0, 0.1) is 5.92 Å². The van der Waals surface area contributed by atoms with E-state index in [4.69, 9.17) is 5.73 Å².